The quantitative estimate of drug-likeness (QED) is 0.165. The Morgan fingerprint density at radius 1 is 0.255 bits per heavy atom. The summed E-state index contributed by atoms with van der Waals surface area (Å²) in [6.07, 6.45) is 0. The Kier molecular flexibility index (Phi) is 8.36. The van der Waals surface area contributed by atoms with Crippen molar-refractivity contribution < 1.29 is 0 Å². The second-order valence-electron chi connectivity index (χ2n) is 13.6. The molecule has 0 bridgehead atoms. The van der Waals surface area contributed by atoms with Gasteiger partial charge < -0.3 is 0 Å². The normalized spacial score (nSPS) is 11.3. The minimum Gasteiger partial charge on any atom is -0.208 e. The second kappa shape index (κ2) is 14.1. The van der Waals surface area contributed by atoms with Crippen LogP contribution in [0.2, 0.25) is 0 Å². The molecule has 0 fully saturated rings. The fraction of sp³-hybridized carbons (Fsp3) is 0. The Bertz CT molecular complexity index is 2870. The van der Waals surface area contributed by atoms with Crippen molar-refractivity contribution >= 4 is 31.5 Å². The first kappa shape index (κ1) is 32.6. The molecule has 258 valence electrons. The van der Waals surface area contributed by atoms with E-state index in [1.165, 1.54) is 20.2 Å². The summed E-state index contributed by atoms with van der Waals surface area (Å²) in [5.41, 5.74) is 11.6. The molecule has 0 saturated heterocycles. The average molecular weight is 720 g/mol. The van der Waals surface area contributed by atoms with E-state index >= 15 is 0 Å². The number of fused-ring (bicyclic) bond motifs is 3. The van der Waals surface area contributed by atoms with Crippen molar-refractivity contribution in [3.05, 3.63) is 200 Å². The first-order valence-corrected chi connectivity index (χ1v) is 19.3. The molecule has 0 atom stereocenters. The maximum Gasteiger partial charge on any atom is 0.164 e. The number of hydrogen-bond donors (Lipinski definition) is 0. The Labute approximate surface area is 323 Å². The van der Waals surface area contributed by atoms with Crippen molar-refractivity contribution in [1.29, 1.82) is 0 Å². The zero-order chi connectivity index (χ0) is 36.6. The van der Waals surface area contributed by atoms with Gasteiger partial charge >= 0.3 is 0 Å². The van der Waals surface area contributed by atoms with Gasteiger partial charge in [-0.05, 0) is 80.9 Å². The summed E-state index contributed by atoms with van der Waals surface area (Å²) in [6.45, 7) is 0. The van der Waals surface area contributed by atoms with Crippen molar-refractivity contribution in [3.8, 4) is 78.7 Å². The molecule has 2 aromatic heterocycles. The third kappa shape index (κ3) is 6.29. The number of rotatable bonds is 7. The van der Waals surface area contributed by atoms with Gasteiger partial charge in [-0.25, -0.2) is 15.0 Å². The van der Waals surface area contributed by atoms with Crippen LogP contribution in [0.4, 0.5) is 0 Å². The van der Waals surface area contributed by atoms with Gasteiger partial charge in [0, 0.05) is 36.9 Å². The molecule has 8 aromatic carbocycles. The molecule has 55 heavy (non-hydrogen) atoms. The van der Waals surface area contributed by atoms with E-state index in [2.05, 4.69) is 188 Å². The van der Waals surface area contributed by atoms with E-state index in [4.69, 9.17) is 15.0 Å². The lowest BCUT2D eigenvalue weighted by molar-refractivity contribution is 1.07. The molecule has 0 aliphatic heterocycles. The molecule has 0 aliphatic rings. The molecule has 0 radical (unpaired) electrons. The fourth-order valence-electron chi connectivity index (χ4n) is 7.47. The first-order chi connectivity index (χ1) is 27.2. The first-order valence-electron chi connectivity index (χ1n) is 18.4. The minimum absolute atomic E-state index is 0.617. The van der Waals surface area contributed by atoms with E-state index < -0.39 is 0 Å². The fourth-order valence-corrected chi connectivity index (χ4v) is 8.55. The number of hydrogen-bond acceptors (Lipinski definition) is 4. The van der Waals surface area contributed by atoms with E-state index in [1.54, 1.807) is 0 Å². The van der Waals surface area contributed by atoms with Gasteiger partial charge in [0.2, 0.25) is 0 Å². The number of aromatic nitrogens is 3. The average Bonchev–Trinajstić information content (AvgIpc) is 3.65. The molecule has 0 aliphatic carbocycles. The second-order valence-corrected chi connectivity index (χ2v) is 14.7. The van der Waals surface area contributed by atoms with Crippen LogP contribution in [0.1, 0.15) is 0 Å². The molecular formula is C51H33N3S. The van der Waals surface area contributed by atoms with Crippen LogP contribution < -0.4 is 0 Å². The summed E-state index contributed by atoms with van der Waals surface area (Å²) >= 11 is 1.84. The maximum atomic E-state index is 5.32. The van der Waals surface area contributed by atoms with Crippen LogP contribution >= 0.6 is 11.3 Å². The minimum atomic E-state index is 0.617. The van der Waals surface area contributed by atoms with Gasteiger partial charge in [-0.1, -0.05) is 164 Å². The molecule has 3 nitrogen and oxygen atoms in total. The molecule has 4 heteroatoms. The molecule has 0 N–H and O–H groups in total. The van der Waals surface area contributed by atoms with Crippen LogP contribution in [0, 0.1) is 0 Å². The van der Waals surface area contributed by atoms with Crippen molar-refractivity contribution in [2.24, 2.45) is 0 Å². The summed E-state index contributed by atoms with van der Waals surface area (Å²) in [4.78, 5) is 15.9. The van der Waals surface area contributed by atoms with E-state index in [-0.39, 0.29) is 0 Å². The number of nitrogens with zero attached hydrogens (tertiary/aromatic N) is 3. The third-order valence-electron chi connectivity index (χ3n) is 10.1. The molecule has 2 heterocycles. The zero-order valence-electron chi connectivity index (χ0n) is 29.8. The smallest absolute Gasteiger partial charge is 0.164 e. The van der Waals surface area contributed by atoms with E-state index in [0.717, 1.165) is 61.2 Å². The van der Waals surface area contributed by atoms with Crippen LogP contribution in [-0.4, -0.2) is 15.0 Å². The van der Waals surface area contributed by atoms with Crippen molar-refractivity contribution in [3.63, 3.8) is 0 Å². The van der Waals surface area contributed by atoms with Gasteiger partial charge in [-0.3, -0.25) is 0 Å². The lowest BCUT2D eigenvalue weighted by Gasteiger charge is -2.15. The Hall–Kier alpha value is -7.01. The van der Waals surface area contributed by atoms with Gasteiger partial charge in [0.05, 0.1) is 0 Å². The summed E-state index contributed by atoms with van der Waals surface area (Å²) < 4.78 is 2.58. The molecule has 0 spiro atoms. The summed E-state index contributed by atoms with van der Waals surface area (Å²) in [7, 11) is 0. The number of thiophene rings is 1. The lowest BCUT2D eigenvalue weighted by Crippen LogP contribution is -2.02. The standard InChI is InChI=1S/C51H33N3S/c1-4-16-34(17-5-1)38-30-39(37-28-29-48-46(33-37)43-24-14-15-27-47(43)55-48)32-40(31-38)49-52-50(44-25-12-10-22-41(44)35-18-6-2-7-19-35)54-51(53-49)45-26-13-11-23-42(45)36-20-8-3-9-21-36/h1-33H. The maximum absolute atomic E-state index is 5.32. The highest BCUT2D eigenvalue weighted by Gasteiger charge is 2.19. The Balaban J connectivity index is 1.22. The Morgan fingerprint density at radius 3 is 1.29 bits per heavy atom. The van der Waals surface area contributed by atoms with Crippen LogP contribution in [0.25, 0.3) is 98.8 Å². The van der Waals surface area contributed by atoms with Gasteiger partial charge in [0.15, 0.2) is 17.5 Å². The lowest BCUT2D eigenvalue weighted by atomic mass is 9.94. The van der Waals surface area contributed by atoms with Crippen LogP contribution in [0.3, 0.4) is 0 Å². The predicted octanol–water partition coefficient (Wildman–Crippen LogP) is 13.9. The van der Waals surface area contributed by atoms with Gasteiger partial charge in [0.25, 0.3) is 0 Å². The molecule has 10 rings (SSSR count). The molecule has 10 aromatic rings. The van der Waals surface area contributed by atoms with E-state index in [1.807, 2.05) is 23.5 Å². The monoisotopic (exact) mass is 719 g/mol. The topological polar surface area (TPSA) is 38.7 Å². The SMILES string of the molecule is c1ccc(-c2cc(-c3ccc4sc5ccccc5c4c3)cc(-c3nc(-c4ccccc4-c4ccccc4)nc(-c4ccccc4-c4ccccc4)n3)c2)cc1. The molecule has 0 amide bonds. The molecule has 0 saturated carbocycles. The van der Waals surface area contributed by atoms with Crippen molar-refractivity contribution in [1.82, 2.24) is 15.0 Å². The highest BCUT2D eigenvalue weighted by molar-refractivity contribution is 7.25. The van der Waals surface area contributed by atoms with Crippen LogP contribution in [0.5, 0.6) is 0 Å². The largest absolute Gasteiger partial charge is 0.208 e. The highest BCUT2D eigenvalue weighted by atomic mass is 32.1. The molecule has 0 unspecified atom stereocenters. The van der Waals surface area contributed by atoms with E-state index in [0.29, 0.717) is 17.5 Å². The summed E-state index contributed by atoms with van der Waals surface area (Å²) in [5, 5.41) is 2.55. The summed E-state index contributed by atoms with van der Waals surface area (Å²) in [6, 6.07) is 70.4. The van der Waals surface area contributed by atoms with Gasteiger partial charge in [-0.2, -0.15) is 0 Å². The van der Waals surface area contributed by atoms with E-state index in [9.17, 15) is 0 Å². The number of benzene rings is 8. The Morgan fingerprint density at radius 2 is 0.691 bits per heavy atom. The predicted molar refractivity (Wildman–Crippen MR) is 231 cm³/mol. The van der Waals surface area contributed by atoms with Crippen molar-refractivity contribution in [2.75, 3.05) is 0 Å². The van der Waals surface area contributed by atoms with Crippen LogP contribution in [-0.2, 0) is 0 Å². The highest BCUT2D eigenvalue weighted by Crippen LogP contribution is 2.40. The third-order valence-corrected chi connectivity index (χ3v) is 11.3. The van der Waals surface area contributed by atoms with Gasteiger partial charge in [-0.15, -0.1) is 11.3 Å². The summed E-state index contributed by atoms with van der Waals surface area (Å²) in [5.74, 6) is 1.87. The zero-order valence-corrected chi connectivity index (χ0v) is 30.6. The van der Waals surface area contributed by atoms with Gasteiger partial charge in [0.1, 0.15) is 0 Å². The molecular weight excluding hydrogens is 687 g/mol. The van der Waals surface area contributed by atoms with Crippen molar-refractivity contribution in [2.45, 2.75) is 0 Å². The van der Waals surface area contributed by atoms with Crippen LogP contribution in [0.15, 0.2) is 200 Å².